The Labute approximate surface area is 172 Å². The number of nitrogens with one attached hydrogen (secondary N) is 1. The first kappa shape index (κ1) is 21.5. The van der Waals surface area contributed by atoms with E-state index in [9.17, 15) is 13.2 Å². The maximum Gasteiger partial charge on any atom is 0.338 e. The highest BCUT2D eigenvalue weighted by atomic mass is 32.2. The highest BCUT2D eigenvalue weighted by molar-refractivity contribution is 7.89. The predicted molar refractivity (Wildman–Crippen MR) is 112 cm³/mol. The number of rotatable bonds is 7. The number of benzene rings is 2. The van der Waals surface area contributed by atoms with Gasteiger partial charge in [-0.25, -0.2) is 17.9 Å². The second-order valence-corrected chi connectivity index (χ2v) is 9.22. The summed E-state index contributed by atoms with van der Waals surface area (Å²) in [5.41, 5.74) is 3.01. The number of hydrogen-bond donors (Lipinski definition) is 1. The Morgan fingerprint density at radius 3 is 2.52 bits per heavy atom. The number of sulfonamides is 1. The van der Waals surface area contributed by atoms with Gasteiger partial charge < -0.3 is 4.74 Å². The van der Waals surface area contributed by atoms with Crippen molar-refractivity contribution in [1.82, 2.24) is 9.62 Å². The Hall–Kier alpha value is -2.22. The fourth-order valence-corrected chi connectivity index (χ4v) is 4.62. The summed E-state index contributed by atoms with van der Waals surface area (Å²) in [7, 11) is -2.47. The molecule has 1 heterocycles. The Bertz CT molecular complexity index is 967. The summed E-state index contributed by atoms with van der Waals surface area (Å²) in [4.78, 5) is 14.3. The molecule has 0 radical (unpaired) electrons. The van der Waals surface area contributed by atoms with Crippen LogP contribution in [0.4, 0.5) is 0 Å². The Morgan fingerprint density at radius 2 is 1.79 bits per heavy atom. The summed E-state index contributed by atoms with van der Waals surface area (Å²) in [6.07, 6.45) is 3.78. The van der Waals surface area contributed by atoms with Crippen molar-refractivity contribution in [2.24, 2.45) is 0 Å². The van der Waals surface area contributed by atoms with E-state index in [0.717, 1.165) is 25.2 Å². The lowest BCUT2D eigenvalue weighted by atomic mass is 10.1. The number of piperidine rings is 1. The van der Waals surface area contributed by atoms with Gasteiger partial charge in [-0.3, -0.25) is 4.90 Å². The molecule has 156 valence electrons. The minimum Gasteiger partial charge on any atom is -0.465 e. The van der Waals surface area contributed by atoms with Gasteiger partial charge >= 0.3 is 5.97 Å². The third-order valence-electron chi connectivity index (χ3n) is 5.24. The molecule has 29 heavy (non-hydrogen) atoms. The van der Waals surface area contributed by atoms with Gasteiger partial charge in [0.05, 0.1) is 17.6 Å². The largest absolute Gasteiger partial charge is 0.465 e. The molecule has 1 saturated heterocycles. The van der Waals surface area contributed by atoms with E-state index in [0.29, 0.717) is 5.56 Å². The van der Waals surface area contributed by atoms with E-state index in [-0.39, 0.29) is 17.0 Å². The van der Waals surface area contributed by atoms with Crippen LogP contribution in [0.1, 0.15) is 46.3 Å². The average Bonchev–Trinajstić information content (AvgIpc) is 2.73. The van der Waals surface area contributed by atoms with E-state index >= 15 is 0 Å². The highest BCUT2D eigenvalue weighted by Gasteiger charge is 2.18. The molecular formula is C22H28N2O4S. The lowest BCUT2D eigenvalue weighted by Gasteiger charge is -2.26. The zero-order chi connectivity index (χ0) is 20.9. The topological polar surface area (TPSA) is 75.7 Å². The van der Waals surface area contributed by atoms with E-state index < -0.39 is 16.0 Å². The van der Waals surface area contributed by atoms with Crippen molar-refractivity contribution in [2.45, 2.75) is 44.2 Å². The number of nitrogens with zero attached hydrogens (tertiary/aromatic N) is 1. The van der Waals surface area contributed by atoms with Gasteiger partial charge in [-0.05, 0) is 61.7 Å². The number of methoxy groups -OCH3 is 1. The Balaban J connectivity index is 1.69. The van der Waals surface area contributed by atoms with Crippen LogP contribution in [0.15, 0.2) is 47.4 Å². The molecule has 0 bridgehead atoms. The highest BCUT2D eigenvalue weighted by Crippen LogP contribution is 2.18. The van der Waals surface area contributed by atoms with Gasteiger partial charge in [0.2, 0.25) is 10.0 Å². The van der Waals surface area contributed by atoms with Gasteiger partial charge in [0.25, 0.3) is 0 Å². The summed E-state index contributed by atoms with van der Waals surface area (Å²) < 4.78 is 32.8. The molecule has 0 spiro atoms. The van der Waals surface area contributed by atoms with Crippen LogP contribution < -0.4 is 4.72 Å². The minimum atomic E-state index is -3.75. The lowest BCUT2D eigenvalue weighted by molar-refractivity contribution is 0.0599. The van der Waals surface area contributed by atoms with E-state index in [2.05, 4.69) is 15.7 Å². The maximum absolute atomic E-state index is 12.7. The smallest absolute Gasteiger partial charge is 0.338 e. The van der Waals surface area contributed by atoms with E-state index in [4.69, 9.17) is 4.74 Å². The molecule has 0 aromatic heterocycles. The molecule has 0 unspecified atom stereocenters. The summed E-state index contributed by atoms with van der Waals surface area (Å²) in [6.45, 7) is 5.06. The number of esters is 1. The standard InChI is InChI=1S/C22H28N2O4S/c1-17-9-10-20(14-21(17)22(25)28-2)29(26,27)23-15-18-7-6-8-19(13-18)16-24-11-4-3-5-12-24/h6-10,13-14,23H,3-5,11-12,15-16H2,1-2H3. The zero-order valence-corrected chi connectivity index (χ0v) is 17.8. The molecule has 0 atom stereocenters. The van der Waals surface area contributed by atoms with Crippen molar-refractivity contribution in [1.29, 1.82) is 0 Å². The molecule has 0 saturated carbocycles. The van der Waals surface area contributed by atoms with Crippen LogP contribution in [0.2, 0.25) is 0 Å². The normalized spacial score (nSPS) is 15.2. The molecule has 0 amide bonds. The molecule has 0 aliphatic carbocycles. The quantitative estimate of drug-likeness (QED) is 0.702. The van der Waals surface area contributed by atoms with Gasteiger partial charge in [0.15, 0.2) is 0 Å². The van der Waals surface area contributed by atoms with Crippen LogP contribution in [-0.2, 0) is 27.8 Å². The van der Waals surface area contributed by atoms with Gasteiger partial charge in [-0.2, -0.15) is 0 Å². The Kier molecular flexibility index (Phi) is 7.05. The zero-order valence-electron chi connectivity index (χ0n) is 17.0. The first-order valence-corrected chi connectivity index (χ1v) is 11.4. The molecule has 1 fully saturated rings. The fourth-order valence-electron chi connectivity index (χ4n) is 3.57. The minimum absolute atomic E-state index is 0.0490. The summed E-state index contributed by atoms with van der Waals surface area (Å²) >= 11 is 0. The predicted octanol–water partition coefficient (Wildman–Crippen LogP) is 3.25. The van der Waals surface area contributed by atoms with E-state index in [1.54, 1.807) is 13.0 Å². The van der Waals surface area contributed by atoms with Crippen LogP contribution in [0, 0.1) is 6.92 Å². The number of carbonyl (C=O) groups is 1. The third-order valence-corrected chi connectivity index (χ3v) is 6.64. The van der Waals surface area contributed by atoms with E-state index in [1.807, 2.05) is 18.2 Å². The Morgan fingerprint density at radius 1 is 1.07 bits per heavy atom. The second-order valence-electron chi connectivity index (χ2n) is 7.45. The van der Waals surface area contributed by atoms with Gasteiger partial charge in [0.1, 0.15) is 0 Å². The summed E-state index contributed by atoms with van der Waals surface area (Å²) in [5, 5.41) is 0. The number of carbonyl (C=O) groups excluding carboxylic acids is 1. The van der Waals surface area contributed by atoms with Crippen LogP contribution in [0.25, 0.3) is 0 Å². The van der Waals surface area contributed by atoms with Crippen molar-refractivity contribution in [3.63, 3.8) is 0 Å². The van der Waals surface area contributed by atoms with Crippen LogP contribution in [-0.4, -0.2) is 39.5 Å². The average molecular weight is 417 g/mol. The van der Waals surface area contributed by atoms with Gasteiger partial charge in [-0.1, -0.05) is 36.8 Å². The number of likely N-dealkylation sites (tertiary alicyclic amines) is 1. The molecule has 1 aliphatic heterocycles. The molecule has 7 heteroatoms. The van der Waals surface area contributed by atoms with Crippen LogP contribution >= 0.6 is 0 Å². The van der Waals surface area contributed by atoms with Crippen molar-refractivity contribution < 1.29 is 17.9 Å². The molecular weight excluding hydrogens is 388 g/mol. The molecule has 2 aromatic rings. The molecule has 6 nitrogen and oxygen atoms in total. The van der Waals surface area contributed by atoms with Crippen LogP contribution in [0.3, 0.4) is 0 Å². The fraction of sp³-hybridized carbons (Fsp3) is 0.409. The van der Waals surface area contributed by atoms with Crippen molar-refractivity contribution in [2.75, 3.05) is 20.2 Å². The number of aryl methyl sites for hydroxylation is 1. The van der Waals surface area contributed by atoms with Crippen molar-refractivity contribution in [3.8, 4) is 0 Å². The summed E-state index contributed by atoms with van der Waals surface area (Å²) in [5.74, 6) is -0.551. The van der Waals surface area contributed by atoms with Crippen molar-refractivity contribution in [3.05, 3.63) is 64.7 Å². The lowest BCUT2D eigenvalue weighted by Crippen LogP contribution is -2.29. The number of ether oxygens (including phenoxy) is 1. The monoisotopic (exact) mass is 416 g/mol. The first-order valence-electron chi connectivity index (χ1n) is 9.88. The molecule has 2 aromatic carbocycles. The van der Waals surface area contributed by atoms with Crippen molar-refractivity contribution >= 4 is 16.0 Å². The second kappa shape index (κ2) is 9.52. The number of hydrogen-bond acceptors (Lipinski definition) is 5. The SMILES string of the molecule is COC(=O)c1cc(S(=O)(=O)NCc2cccc(CN3CCCCC3)c2)ccc1C. The van der Waals surface area contributed by atoms with Crippen LogP contribution in [0.5, 0.6) is 0 Å². The summed E-state index contributed by atoms with van der Waals surface area (Å²) in [6, 6.07) is 12.5. The molecule has 1 N–H and O–H groups in total. The first-order chi connectivity index (χ1) is 13.9. The van der Waals surface area contributed by atoms with Gasteiger partial charge in [-0.15, -0.1) is 0 Å². The molecule has 1 aliphatic rings. The van der Waals surface area contributed by atoms with E-state index in [1.165, 1.54) is 44.1 Å². The maximum atomic E-state index is 12.7. The molecule has 3 rings (SSSR count). The van der Waals surface area contributed by atoms with Gasteiger partial charge in [0, 0.05) is 13.1 Å². The third kappa shape index (κ3) is 5.65.